The normalized spacial score (nSPS) is 23.9. The van der Waals surface area contributed by atoms with Crippen molar-refractivity contribution in [1.29, 1.82) is 0 Å². The predicted octanol–water partition coefficient (Wildman–Crippen LogP) is 4.83. The summed E-state index contributed by atoms with van der Waals surface area (Å²) in [5.41, 5.74) is -5.39. The number of alkyl carbamates (subject to hydrolysis) is 1. The number of aromatic nitrogens is 1. The van der Waals surface area contributed by atoms with Crippen molar-refractivity contribution in [2.75, 3.05) is 13.7 Å². The Labute approximate surface area is 306 Å². The number of ketones is 1. The van der Waals surface area contributed by atoms with Crippen molar-refractivity contribution in [3.8, 4) is 11.6 Å². The molecule has 5 atom stereocenters. The largest absolute Gasteiger partial charge is 0.497 e. The van der Waals surface area contributed by atoms with Gasteiger partial charge in [0, 0.05) is 24.4 Å². The molecule has 1 aliphatic heterocycles. The van der Waals surface area contributed by atoms with E-state index in [0.29, 0.717) is 37.8 Å². The Bertz CT molecular complexity index is 1910. The summed E-state index contributed by atoms with van der Waals surface area (Å²) in [6, 6.07) is 4.28. The fraction of sp³-hybridized carbons (Fsp3) is 0.583. The third-order valence-electron chi connectivity index (χ3n) is 10.1. The molecule has 2 heterocycles. The standard InChI is InChI=1S/C36H45F3N4O9S/c1-8-21-17-35(21,31(46)42-53(48,49)24-10-11-24)18-27(44)26-16-23(51-29-25-12-9-22(50-7)15-20(25)13-14-40-29)19-43(26)30(45)28(33(2,3)4)41-32(47)52-34(5,6)36(37,38)39/h8-9,12-15,21,23-24,26,28H,1,10-11,16-19H2,2-7H3,(H,41,47)(H,42,46)/t21-,23-,26+,28-,35-/m1/s1. The number of halogens is 3. The van der Waals surface area contributed by atoms with Gasteiger partial charge in [0.05, 0.1) is 30.4 Å². The van der Waals surface area contributed by atoms with E-state index >= 15 is 0 Å². The molecule has 0 unspecified atom stereocenters. The molecule has 0 radical (unpaired) electrons. The number of nitrogens with one attached hydrogen (secondary N) is 2. The van der Waals surface area contributed by atoms with Gasteiger partial charge in [0.2, 0.25) is 33.3 Å². The Morgan fingerprint density at radius 2 is 1.79 bits per heavy atom. The van der Waals surface area contributed by atoms with Crippen molar-refractivity contribution >= 4 is 44.5 Å². The summed E-state index contributed by atoms with van der Waals surface area (Å²) in [7, 11) is -2.41. The second-order valence-electron chi connectivity index (χ2n) is 15.5. The average Bonchev–Trinajstić information content (AvgIpc) is 3.98. The molecule has 2 saturated carbocycles. The number of sulfonamides is 1. The molecule has 1 aromatic heterocycles. The van der Waals surface area contributed by atoms with E-state index in [9.17, 15) is 40.8 Å². The zero-order valence-corrected chi connectivity index (χ0v) is 31.2. The van der Waals surface area contributed by atoms with Crippen LogP contribution in [0.1, 0.15) is 66.7 Å². The van der Waals surface area contributed by atoms with Crippen LogP contribution in [0.3, 0.4) is 0 Å². The van der Waals surface area contributed by atoms with Crippen LogP contribution in [0.4, 0.5) is 18.0 Å². The molecular formula is C36H45F3N4O9S. The highest BCUT2D eigenvalue weighted by atomic mass is 32.2. The van der Waals surface area contributed by atoms with Gasteiger partial charge in [-0.15, -0.1) is 6.58 Å². The molecule has 0 spiro atoms. The monoisotopic (exact) mass is 766 g/mol. The van der Waals surface area contributed by atoms with E-state index in [1.165, 1.54) is 24.3 Å². The molecule has 2 aromatic rings. The summed E-state index contributed by atoms with van der Waals surface area (Å²) >= 11 is 0. The first kappa shape index (κ1) is 39.8. The third kappa shape index (κ3) is 8.39. The van der Waals surface area contributed by atoms with Crippen LogP contribution in [-0.2, 0) is 29.1 Å². The van der Waals surface area contributed by atoms with Crippen LogP contribution in [-0.4, -0.2) is 90.9 Å². The average molecular weight is 767 g/mol. The number of pyridine rings is 1. The summed E-state index contributed by atoms with van der Waals surface area (Å²) in [4.78, 5) is 60.6. The zero-order chi connectivity index (χ0) is 39.3. The predicted molar refractivity (Wildman–Crippen MR) is 186 cm³/mol. The highest BCUT2D eigenvalue weighted by molar-refractivity contribution is 7.90. The lowest BCUT2D eigenvalue weighted by Crippen LogP contribution is -2.58. The van der Waals surface area contributed by atoms with E-state index in [1.807, 2.05) is 0 Å². The second kappa shape index (κ2) is 14.1. The summed E-state index contributed by atoms with van der Waals surface area (Å²) in [5, 5.41) is 2.96. The number of hydrogen-bond donors (Lipinski definition) is 2. The van der Waals surface area contributed by atoms with Gasteiger partial charge >= 0.3 is 12.3 Å². The van der Waals surface area contributed by atoms with Gasteiger partial charge in [0.1, 0.15) is 17.9 Å². The molecule has 17 heteroatoms. The highest BCUT2D eigenvalue weighted by Gasteiger charge is 2.61. The summed E-state index contributed by atoms with van der Waals surface area (Å²) in [5.74, 6) is -1.91. The Morgan fingerprint density at radius 1 is 1.11 bits per heavy atom. The van der Waals surface area contributed by atoms with Crippen LogP contribution in [0.2, 0.25) is 0 Å². The number of hydrogen-bond acceptors (Lipinski definition) is 10. The SMILES string of the molecule is C=C[C@@H]1C[C@]1(CC(=O)[C@@H]1C[C@@H](Oc2nccc3cc(OC)ccc23)CN1C(=O)[C@@H](NC(=O)OC(C)(C)C(F)(F)F)C(C)(C)C)C(=O)NS(=O)(=O)C1CC1. The van der Waals surface area contributed by atoms with Crippen molar-refractivity contribution in [3.63, 3.8) is 0 Å². The minimum atomic E-state index is -4.91. The lowest BCUT2D eigenvalue weighted by atomic mass is 9.85. The molecule has 1 saturated heterocycles. The maximum absolute atomic E-state index is 14.4. The van der Waals surface area contributed by atoms with Crippen molar-refractivity contribution in [1.82, 2.24) is 19.9 Å². The summed E-state index contributed by atoms with van der Waals surface area (Å²) in [6.45, 7) is 9.64. The number of alkyl halides is 3. The second-order valence-corrected chi connectivity index (χ2v) is 17.5. The van der Waals surface area contributed by atoms with E-state index < -0.39 is 92.1 Å². The molecular weight excluding hydrogens is 721 g/mol. The molecule has 0 bridgehead atoms. The molecule has 3 amide bonds. The van der Waals surface area contributed by atoms with Crippen LogP contribution < -0.4 is 19.5 Å². The van der Waals surface area contributed by atoms with Gasteiger partial charge < -0.3 is 24.4 Å². The Kier molecular flexibility index (Phi) is 10.6. The first-order chi connectivity index (χ1) is 24.5. The third-order valence-corrected chi connectivity index (χ3v) is 11.9. The maximum atomic E-state index is 14.4. The summed E-state index contributed by atoms with van der Waals surface area (Å²) < 4.78 is 84.4. The Morgan fingerprint density at radius 3 is 2.36 bits per heavy atom. The van der Waals surface area contributed by atoms with Crippen LogP contribution in [0, 0.1) is 16.7 Å². The van der Waals surface area contributed by atoms with Crippen molar-refractivity contribution < 1.29 is 55.0 Å². The molecule has 290 valence electrons. The van der Waals surface area contributed by atoms with E-state index in [0.717, 1.165) is 5.39 Å². The number of rotatable bonds is 13. The number of likely N-dealkylation sites (tertiary alicyclic amines) is 1. The fourth-order valence-corrected chi connectivity index (χ4v) is 7.88. The number of Topliss-reactive ketones (excluding diaryl/α,β-unsaturated/α-hetero) is 1. The van der Waals surface area contributed by atoms with Gasteiger partial charge in [-0.05, 0) is 74.1 Å². The molecule has 2 N–H and O–H groups in total. The number of methoxy groups -OCH3 is 1. The quantitative estimate of drug-likeness (QED) is 0.269. The lowest BCUT2D eigenvalue weighted by Gasteiger charge is -2.36. The number of nitrogens with zero attached hydrogens (tertiary/aromatic N) is 2. The maximum Gasteiger partial charge on any atom is 0.427 e. The zero-order valence-electron chi connectivity index (χ0n) is 30.4. The number of ether oxygens (including phenoxy) is 3. The highest BCUT2D eigenvalue weighted by Crippen LogP contribution is 2.57. The van der Waals surface area contributed by atoms with Crippen LogP contribution in [0.5, 0.6) is 11.6 Å². The number of fused-ring (bicyclic) bond motifs is 1. The Hall–Kier alpha value is -4.41. The van der Waals surface area contributed by atoms with Gasteiger partial charge in [-0.3, -0.25) is 19.1 Å². The summed E-state index contributed by atoms with van der Waals surface area (Å²) in [6.07, 6.45) is -3.74. The number of amides is 3. The topological polar surface area (TPSA) is 170 Å². The molecule has 53 heavy (non-hydrogen) atoms. The van der Waals surface area contributed by atoms with Gasteiger partial charge in [0.15, 0.2) is 5.78 Å². The van der Waals surface area contributed by atoms with E-state index in [2.05, 4.69) is 21.6 Å². The van der Waals surface area contributed by atoms with Gasteiger partial charge in [-0.2, -0.15) is 13.2 Å². The van der Waals surface area contributed by atoms with E-state index in [1.54, 1.807) is 45.0 Å². The van der Waals surface area contributed by atoms with E-state index in [-0.39, 0.29) is 25.3 Å². The first-order valence-electron chi connectivity index (χ1n) is 17.2. The molecule has 5 rings (SSSR count). The number of benzene rings is 1. The molecule has 3 fully saturated rings. The van der Waals surface area contributed by atoms with Crippen LogP contribution in [0.25, 0.3) is 10.8 Å². The van der Waals surface area contributed by atoms with Crippen molar-refractivity contribution in [3.05, 3.63) is 43.1 Å². The number of allylic oxidation sites excluding steroid dienone is 1. The fourth-order valence-electron chi connectivity index (χ4n) is 6.50. The lowest BCUT2D eigenvalue weighted by molar-refractivity contribution is -0.244. The smallest absolute Gasteiger partial charge is 0.427 e. The van der Waals surface area contributed by atoms with Crippen molar-refractivity contribution in [2.45, 2.75) is 102 Å². The number of carbonyl (C=O) groups is 4. The van der Waals surface area contributed by atoms with Gasteiger partial charge in [-0.25, -0.2) is 18.2 Å². The number of carbonyl (C=O) groups excluding carboxylic acids is 4. The van der Waals surface area contributed by atoms with E-state index in [4.69, 9.17) is 14.2 Å². The molecule has 1 aromatic carbocycles. The minimum Gasteiger partial charge on any atom is -0.497 e. The molecule has 2 aliphatic carbocycles. The van der Waals surface area contributed by atoms with Crippen LogP contribution in [0.15, 0.2) is 43.1 Å². The molecule has 13 nitrogen and oxygen atoms in total. The first-order valence-corrected chi connectivity index (χ1v) is 18.7. The molecule has 3 aliphatic rings. The van der Waals surface area contributed by atoms with Crippen LogP contribution >= 0.6 is 0 Å². The Balaban J connectivity index is 1.45. The van der Waals surface area contributed by atoms with Gasteiger partial charge in [-0.1, -0.05) is 26.8 Å². The van der Waals surface area contributed by atoms with Crippen molar-refractivity contribution in [2.24, 2.45) is 16.7 Å². The minimum absolute atomic E-state index is 0.0714. The van der Waals surface area contributed by atoms with Gasteiger partial charge in [0.25, 0.3) is 0 Å².